The molecule has 0 amide bonds. The normalized spacial score (nSPS) is 12.4. The lowest BCUT2D eigenvalue weighted by molar-refractivity contribution is -0.140. The second-order valence-corrected chi connectivity index (χ2v) is 6.89. The van der Waals surface area contributed by atoms with Crippen LogP contribution >= 0.6 is 12.6 Å². The third-order valence-electron chi connectivity index (χ3n) is 4.68. The van der Waals surface area contributed by atoms with E-state index in [2.05, 4.69) is 17.6 Å². The van der Waals surface area contributed by atoms with Crippen molar-refractivity contribution in [1.82, 2.24) is 9.55 Å². The van der Waals surface area contributed by atoms with Crippen molar-refractivity contribution in [1.29, 1.82) is 0 Å². The molecule has 0 radical (unpaired) electrons. The van der Waals surface area contributed by atoms with Gasteiger partial charge >= 0.3 is 12.4 Å². The largest absolute Gasteiger partial charge is 0.417 e. The number of benzene rings is 2. The van der Waals surface area contributed by atoms with Crippen LogP contribution in [0.25, 0.3) is 22.6 Å². The van der Waals surface area contributed by atoms with E-state index in [-0.39, 0.29) is 4.90 Å². The van der Waals surface area contributed by atoms with E-state index < -0.39 is 23.5 Å². The predicted octanol–water partition coefficient (Wildman–Crippen LogP) is 6.64. The van der Waals surface area contributed by atoms with Gasteiger partial charge in [0.25, 0.3) is 0 Å². The summed E-state index contributed by atoms with van der Waals surface area (Å²) in [4.78, 5) is 4.14. The van der Waals surface area contributed by atoms with Crippen molar-refractivity contribution < 1.29 is 26.3 Å². The molecule has 0 fully saturated rings. The van der Waals surface area contributed by atoms with Crippen molar-refractivity contribution in [3.63, 3.8) is 0 Å². The lowest BCUT2D eigenvalue weighted by atomic mass is 10.0. The van der Waals surface area contributed by atoms with Gasteiger partial charge in [-0.25, -0.2) is 4.98 Å². The van der Waals surface area contributed by atoms with Crippen LogP contribution in [-0.4, -0.2) is 9.55 Å². The van der Waals surface area contributed by atoms with Crippen molar-refractivity contribution in [3.8, 4) is 22.6 Å². The molecule has 0 aliphatic heterocycles. The average Bonchev–Trinajstić information content (AvgIpc) is 3.01. The number of imidazole rings is 1. The Morgan fingerprint density at radius 1 is 0.931 bits per heavy atom. The minimum atomic E-state index is -4.52. The highest BCUT2D eigenvalue weighted by molar-refractivity contribution is 7.80. The van der Waals surface area contributed by atoms with Gasteiger partial charge in [-0.05, 0) is 35.7 Å². The molecule has 0 bridgehead atoms. The van der Waals surface area contributed by atoms with Gasteiger partial charge in [-0.1, -0.05) is 25.1 Å². The van der Waals surface area contributed by atoms with E-state index in [0.29, 0.717) is 34.6 Å². The fourth-order valence-electron chi connectivity index (χ4n) is 3.19. The molecule has 0 aliphatic rings. The maximum Gasteiger partial charge on any atom is 0.417 e. The molecule has 0 spiro atoms. The Labute approximate surface area is 168 Å². The third-order valence-corrected chi connectivity index (χ3v) is 5.19. The molecule has 0 saturated carbocycles. The topological polar surface area (TPSA) is 17.8 Å². The molecule has 154 valence electrons. The van der Waals surface area contributed by atoms with Crippen LogP contribution in [-0.2, 0) is 25.8 Å². The lowest BCUT2D eigenvalue weighted by Gasteiger charge is -2.17. The maximum absolute atomic E-state index is 13.2. The molecule has 2 aromatic carbocycles. The fourth-order valence-corrected chi connectivity index (χ4v) is 3.67. The number of aromatic nitrogens is 2. The SMILES string of the molecule is CCc1c(-c2ncc(-c3ccc(C(F)(F)F)cc3)n2C)ccc(C(F)(F)F)c1S. The first-order chi connectivity index (χ1) is 13.4. The number of rotatable bonds is 3. The molecule has 0 saturated heterocycles. The van der Waals surface area contributed by atoms with Crippen LogP contribution in [0.5, 0.6) is 0 Å². The average molecular weight is 430 g/mol. The number of halogens is 6. The molecule has 3 rings (SSSR count). The molecule has 1 heterocycles. The predicted molar refractivity (Wildman–Crippen MR) is 101 cm³/mol. The van der Waals surface area contributed by atoms with Crippen LogP contribution in [0, 0.1) is 0 Å². The maximum atomic E-state index is 13.2. The van der Waals surface area contributed by atoms with E-state index in [1.165, 1.54) is 24.4 Å². The minimum absolute atomic E-state index is 0.156. The van der Waals surface area contributed by atoms with Gasteiger partial charge in [-0.3, -0.25) is 0 Å². The zero-order valence-corrected chi connectivity index (χ0v) is 16.3. The van der Waals surface area contributed by atoms with E-state index in [0.717, 1.165) is 18.2 Å². The molecular weight excluding hydrogens is 414 g/mol. The van der Waals surface area contributed by atoms with Gasteiger partial charge < -0.3 is 4.57 Å². The second-order valence-electron chi connectivity index (χ2n) is 6.44. The van der Waals surface area contributed by atoms with E-state index >= 15 is 0 Å². The number of hydrogen-bond acceptors (Lipinski definition) is 2. The summed E-state index contributed by atoms with van der Waals surface area (Å²) in [6.45, 7) is 1.72. The Balaban J connectivity index is 2.07. The number of alkyl halides is 6. The van der Waals surface area contributed by atoms with Crippen molar-refractivity contribution in [3.05, 3.63) is 59.3 Å². The van der Waals surface area contributed by atoms with Gasteiger partial charge in [0.2, 0.25) is 0 Å². The van der Waals surface area contributed by atoms with Gasteiger partial charge in [0, 0.05) is 17.5 Å². The van der Waals surface area contributed by atoms with Gasteiger partial charge in [0.1, 0.15) is 5.82 Å². The lowest BCUT2D eigenvalue weighted by Crippen LogP contribution is -2.09. The van der Waals surface area contributed by atoms with Gasteiger partial charge in [0.05, 0.1) is 23.0 Å². The Bertz CT molecular complexity index is 1030. The molecule has 2 nitrogen and oxygen atoms in total. The standard InChI is InChI=1S/C20H16F6N2S/c1-3-13-14(8-9-15(17(13)29)20(24,25)26)18-27-10-16(28(18)2)11-4-6-12(7-5-11)19(21,22)23/h4-10,29H,3H2,1-2H3. The first-order valence-electron chi connectivity index (χ1n) is 8.57. The summed E-state index contributed by atoms with van der Waals surface area (Å²) < 4.78 is 79.4. The van der Waals surface area contributed by atoms with E-state index in [1.54, 1.807) is 18.5 Å². The summed E-state index contributed by atoms with van der Waals surface area (Å²) in [5.74, 6) is 0.403. The highest BCUT2D eigenvalue weighted by Crippen LogP contribution is 2.40. The van der Waals surface area contributed by atoms with Gasteiger partial charge in [0.15, 0.2) is 0 Å². The quantitative estimate of drug-likeness (QED) is 0.364. The number of nitrogens with zero attached hydrogens (tertiary/aromatic N) is 2. The minimum Gasteiger partial charge on any atom is -0.327 e. The second kappa shape index (κ2) is 7.44. The van der Waals surface area contributed by atoms with E-state index in [4.69, 9.17) is 0 Å². The molecule has 3 aromatic rings. The zero-order chi connectivity index (χ0) is 21.6. The molecule has 29 heavy (non-hydrogen) atoms. The van der Waals surface area contributed by atoms with Crippen molar-refractivity contribution in [2.24, 2.45) is 7.05 Å². The molecule has 0 atom stereocenters. The van der Waals surface area contributed by atoms with Gasteiger partial charge in [-0.15, -0.1) is 12.6 Å². The molecule has 0 N–H and O–H groups in total. The highest BCUT2D eigenvalue weighted by atomic mass is 32.1. The monoisotopic (exact) mass is 430 g/mol. The van der Waals surface area contributed by atoms with Crippen molar-refractivity contribution in [2.75, 3.05) is 0 Å². The van der Waals surface area contributed by atoms with E-state index in [1.807, 2.05) is 0 Å². The summed E-state index contributed by atoms with van der Waals surface area (Å²) in [6.07, 6.45) is -7.17. The Hall–Kier alpha value is -2.42. The summed E-state index contributed by atoms with van der Waals surface area (Å²) in [7, 11) is 1.66. The summed E-state index contributed by atoms with van der Waals surface area (Å²) in [6, 6.07) is 6.93. The summed E-state index contributed by atoms with van der Waals surface area (Å²) in [5, 5.41) is 0. The van der Waals surface area contributed by atoms with Crippen molar-refractivity contribution in [2.45, 2.75) is 30.6 Å². The van der Waals surface area contributed by atoms with Crippen LogP contribution in [0.15, 0.2) is 47.5 Å². The van der Waals surface area contributed by atoms with Crippen molar-refractivity contribution >= 4 is 12.6 Å². The zero-order valence-electron chi connectivity index (χ0n) is 15.4. The summed E-state index contributed by atoms with van der Waals surface area (Å²) >= 11 is 4.09. The highest BCUT2D eigenvalue weighted by Gasteiger charge is 2.34. The smallest absolute Gasteiger partial charge is 0.327 e. The van der Waals surface area contributed by atoms with Crippen LogP contribution < -0.4 is 0 Å². The van der Waals surface area contributed by atoms with Crippen LogP contribution in [0.3, 0.4) is 0 Å². The number of thiol groups is 1. The fraction of sp³-hybridized carbons (Fsp3) is 0.250. The van der Waals surface area contributed by atoms with Crippen LogP contribution in [0.4, 0.5) is 26.3 Å². The van der Waals surface area contributed by atoms with E-state index in [9.17, 15) is 26.3 Å². The Morgan fingerprint density at radius 2 is 1.55 bits per heavy atom. The Kier molecular flexibility index (Phi) is 5.46. The third kappa shape index (κ3) is 4.01. The summed E-state index contributed by atoms with van der Waals surface area (Å²) in [5.41, 5.74) is 0.353. The Morgan fingerprint density at radius 3 is 2.07 bits per heavy atom. The van der Waals surface area contributed by atoms with Crippen LogP contribution in [0.2, 0.25) is 0 Å². The first-order valence-corrected chi connectivity index (χ1v) is 9.01. The molecule has 0 aliphatic carbocycles. The molecular formula is C20H16F6N2S. The van der Waals surface area contributed by atoms with Crippen LogP contribution in [0.1, 0.15) is 23.6 Å². The first kappa shape index (κ1) is 21.3. The van der Waals surface area contributed by atoms with Gasteiger partial charge in [-0.2, -0.15) is 26.3 Å². The number of hydrogen-bond donors (Lipinski definition) is 1. The molecule has 1 aromatic heterocycles. The molecule has 9 heteroatoms. The molecule has 0 unspecified atom stereocenters.